The smallest absolute Gasteiger partial charge is 0.239 e. The van der Waals surface area contributed by atoms with Gasteiger partial charge in [-0.1, -0.05) is 44.2 Å². The number of aliphatic hydroxyl groups is 1. The van der Waals surface area contributed by atoms with Gasteiger partial charge in [0.25, 0.3) is 0 Å². The van der Waals surface area contributed by atoms with Gasteiger partial charge in [0.05, 0.1) is 18.8 Å². The van der Waals surface area contributed by atoms with E-state index in [1.54, 1.807) is 11.7 Å². The number of benzene rings is 1. The zero-order chi connectivity index (χ0) is 18.4. The third-order valence-electron chi connectivity index (χ3n) is 4.27. The summed E-state index contributed by atoms with van der Waals surface area (Å²) in [5.41, 5.74) is 1.97. The first-order chi connectivity index (χ1) is 11.9. The van der Waals surface area contributed by atoms with Gasteiger partial charge in [-0.2, -0.15) is 5.10 Å². The molecule has 0 saturated heterocycles. The fraction of sp³-hybridized carbons (Fsp3) is 0.474. The fourth-order valence-corrected chi connectivity index (χ4v) is 2.95. The second-order valence-corrected chi connectivity index (χ2v) is 6.73. The van der Waals surface area contributed by atoms with Gasteiger partial charge in [-0.3, -0.25) is 14.4 Å². The van der Waals surface area contributed by atoms with Crippen molar-refractivity contribution in [2.75, 3.05) is 18.5 Å². The number of anilines is 1. The second kappa shape index (κ2) is 8.78. The minimum absolute atomic E-state index is 0.0165. The zero-order valence-electron chi connectivity index (χ0n) is 15.4. The lowest BCUT2D eigenvalue weighted by Gasteiger charge is -2.32. The lowest BCUT2D eigenvalue weighted by Crippen LogP contribution is -2.45. The summed E-state index contributed by atoms with van der Waals surface area (Å²) in [4.78, 5) is 14.6. The first-order valence-electron chi connectivity index (χ1n) is 8.60. The van der Waals surface area contributed by atoms with E-state index in [1.807, 2.05) is 48.2 Å². The third kappa shape index (κ3) is 5.41. The Kier molecular flexibility index (Phi) is 6.73. The molecule has 1 unspecified atom stereocenters. The van der Waals surface area contributed by atoms with Gasteiger partial charge < -0.3 is 10.4 Å². The van der Waals surface area contributed by atoms with Crippen molar-refractivity contribution < 1.29 is 9.90 Å². The van der Waals surface area contributed by atoms with Gasteiger partial charge in [0.2, 0.25) is 5.91 Å². The molecule has 25 heavy (non-hydrogen) atoms. The first-order valence-corrected chi connectivity index (χ1v) is 8.60. The number of nitrogens with one attached hydrogen (secondary N) is 1. The Balaban J connectivity index is 2.11. The first kappa shape index (κ1) is 19.1. The Labute approximate surface area is 149 Å². The fourth-order valence-electron chi connectivity index (χ4n) is 2.95. The van der Waals surface area contributed by atoms with E-state index in [0.717, 1.165) is 11.3 Å². The van der Waals surface area contributed by atoms with E-state index in [0.29, 0.717) is 12.4 Å². The van der Waals surface area contributed by atoms with Crippen LogP contribution in [0.2, 0.25) is 0 Å². The molecule has 2 aromatic rings. The Morgan fingerprint density at radius 3 is 2.52 bits per heavy atom. The molecule has 2 rings (SSSR count). The molecule has 0 fully saturated rings. The number of aliphatic hydroxyl groups excluding tert-OH is 1. The molecule has 1 atom stereocenters. The monoisotopic (exact) mass is 344 g/mol. The topological polar surface area (TPSA) is 70.4 Å². The van der Waals surface area contributed by atoms with Crippen LogP contribution in [0, 0.1) is 12.8 Å². The summed E-state index contributed by atoms with van der Waals surface area (Å²) in [5, 5.41) is 16.9. The maximum Gasteiger partial charge on any atom is 0.239 e. The van der Waals surface area contributed by atoms with Crippen LogP contribution in [0.1, 0.15) is 25.1 Å². The number of aryl methyl sites for hydroxylation is 2. The molecule has 6 heteroatoms. The van der Waals surface area contributed by atoms with Crippen LogP contribution in [-0.2, 0) is 18.4 Å². The SMILES string of the molecule is Cc1cc(NC(=O)CN(Cc2ccccc2)C(CO)C(C)C)n(C)n1. The van der Waals surface area contributed by atoms with E-state index < -0.39 is 0 Å². The highest BCUT2D eigenvalue weighted by Gasteiger charge is 2.24. The van der Waals surface area contributed by atoms with E-state index in [2.05, 4.69) is 24.3 Å². The van der Waals surface area contributed by atoms with Crippen molar-refractivity contribution in [3.8, 4) is 0 Å². The van der Waals surface area contributed by atoms with Gasteiger partial charge in [-0.05, 0) is 18.4 Å². The summed E-state index contributed by atoms with van der Waals surface area (Å²) in [7, 11) is 1.80. The molecular formula is C19H28N4O2. The van der Waals surface area contributed by atoms with Crippen LogP contribution in [0.25, 0.3) is 0 Å². The molecule has 0 bridgehead atoms. The molecule has 6 nitrogen and oxygen atoms in total. The van der Waals surface area contributed by atoms with Crippen molar-refractivity contribution in [3.63, 3.8) is 0 Å². The summed E-state index contributed by atoms with van der Waals surface area (Å²) >= 11 is 0. The summed E-state index contributed by atoms with van der Waals surface area (Å²) < 4.78 is 1.65. The molecule has 0 radical (unpaired) electrons. The molecule has 1 heterocycles. The minimum Gasteiger partial charge on any atom is -0.395 e. The summed E-state index contributed by atoms with van der Waals surface area (Å²) in [5.74, 6) is 0.797. The van der Waals surface area contributed by atoms with Crippen LogP contribution < -0.4 is 5.32 Å². The second-order valence-electron chi connectivity index (χ2n) is 6.73. The normalized spacial score (nSPS) is 12.6. The van der Waals surface area contributed by atoms with Crippen molar-refractivity contribution in [2.45, 2.75) is 33.4 Å². The Morgan fingerprint density at radius 2 is 2.00 bits per heavy atom. The predicted octanol–water partition coefficient (Wildman–Crippen LogP) is 2.19. The van der Waals surface area contributed by atoms with Crippen molar-refractivity contribution in [1.82, 2.24) is 14.7 Å². The molecule has 136 valence electrons. The highest BCUT2D eigenvalue weighted by atomic mass is 16.3. The molecule has 1 amide bonds. The van der Waals surface area contributed by atoms with Crippen molar-refractivity contribution >= 4 is 11.7 Å². The highest BCUT2D eigenvalue weighted by Crippen LogP contribution is 2.15. The highest BCUT2D eigenvalue weighted by molar-refractivity contribution is 5.91. The van der Waals surface area contributed by atoms with Crippen LogP contribution in [0.4, 0.5) is 5.82 Å². The standard InChI is InChI=1S/C19H28N4O2/c1-14(2)17(13-24)23(11-16-8-6-5-7-9-16)12-19(25)20-18-10-15(3)21-22(18)4/h5-10,14,17,24H,11-13H2,1-4H3,(H,20,25). The predicted molar refractivity (Wildman–Crippen MR) is 99.1 cm³/mol. The van der Waals surface area contributed by atoms with Gasteiger partial charge in [0.15, 0.2) is 0 Å². The Hall–Kier alpha value is -2.18. The van der Waals surface area contributed by atoms with Crippen LogP contribution in [0.3, 0.4) is 0 Å². The summed E-state index contributed by atoms with van der Waals surface area (Å²) in [6, 6.07) is 11.8. The van der Waals surface area contributed by atoms with Crippen LogP contribution in [0.15, 0.2) is 36.4 Å². The van der Waals surface area contributed by atoms with Gasteiger partial charge in [-0.25, -0.2) is 0 Å². The molecular weight excluding hydrogens is 316 g/mol. The molecule has 0 saturated carbocycles. The molecule has 2 N–H and O–H groups in total. The van der Waals surface area contributed by atoms with Gasteiger partial charge in [0, 0.05) is 25.7 Å². The van der Waals surface area contributed by atoms with Gasteiger partial charge in [-0.15, -0.1) is 0 Å². The van der Waals surface area contributed by atoms with Gasteiger partial charge in [0.1, 0.15) is 5.82 Å². The third-order valence-corrected chi connectivity index (χ3v) is 4.27. The maximum atomic E-state index is 12.5. The van der Waals surface area contributed by atoms with Crippen LogP contribution >= 0.6 is 0 Å². The largest absolute Gasteiger partial charge is 0.395 e. The van der Waals surface area contributed by atoms with Crippen molar-refractivity contribution in [1.29, 1.82) is 0 Å². The number of carbonyl (C=O) groups excluding carboxylic acids is 1. The lowest BCUT2D eigenvalue weighted by atomic mass is 10.0. The number of hydrogen-bond acceptors (Lipinski definition) is 4. The zero-order valence-corrected chi connectivity index (χ0v) is 15.4. The maximum absolute atomic E-state index is 12.5. The number of rotatable bonds is 8. The Morgan fingerprint density at radius 1 is 1.32 bits per heavy atom. The van der Waals surface area contributed by atoms with Gasteiger partial charge >= 0.3 is 0 Å². The average Bonchev–Trinajstić information content (AvgIpc) is 2.85. The molecule has 0 aliphatic rings. The van der Waals surface area contributed by atoms with E-state index in [-0.39, 0.29) is 31.0 Å². The van der Waals surface area contributed by atoms with E-state index in [1.165, 1.54) is 0 Å². The molecule has 0 aliphatic heterocycles. The molecule has 1 aromatic heterocycles. The Bertz CT molecular complexity index is 682. The van der Waals surface area contributed by atoms with E-state index in [9.17, 15) is 9.90 Å². The summed E-state index contributed by atoms with van der Waals surface area (Å²) in [6.45, 7) is 6.84. The van der Waals surface area contributed by atoms with Crippen LogP contribution in [-0.4, -0.2) is 44.9 Å². The minimum atomic E-state index is -0.113. The number of aromatic nitrogens is 2. The molecule has 0 spiro atoms. The lowest BCUT2D eigenvalue weighted by molar-refractivity contribution is -0.118. The quantitative estimate of drug-likeness (QED) is 0.770. The number of nitrogens with zero attached hydrogens (tertiary/aromatic N) is 3. The van der Waals surface area contributed by atoms with Crippen molar-refractivity contribution in [3.05, 3.63) is 47.7 Å². The molecule has 1 aromatic carbocycles. The average molecular weight is 344 g/mol. The number of amides is 1. The number of carbonyl (C=O) groups is 1. The van der Waals surface area contributed by atoms with E-state index in [4.69, 9.17) is 0 Å². The van der Waals surface area contributed by atoms with E-state index >= 15 is 0 Å². The molecule has 0 aliphatic carbocycles. The number of hydrogen-bond donors (Lipinski definition) is 2. The van der Waals surface area contributed by atoms with Crippen LogP contribution in [0.5, 0.6) is 0 Å². The van der Waals surface area contributed by atoms with Crippen molar-refractivity contribution in [2.24, 2.45) is 13.0 Å². The summed E-state index contributed by atoms with van der Waals surface area (Å²) in [6.07, 6.45) is 0.